The highest BCUT2D eigenvalue weighted by Gasteiger charge is 2.18. The van der Waals surface area contributed by atoms with E-state index in [-0.39, 0.29) is 0 Å². The van der Waals surface area contributed by atoms with E-state index in [0.717, 1.165) is 37.6 Å². The Kier molecular flexibility index (Phi) is 5.62. The molecule has 0 amide bonds. The maximum absolute atomic E-state index is 12.0. The van der Waals surface area contributed by atoms with Gasteiger partial charge in [-0.3, -0.25) is 9.80 Å². The molecule has 7 heteroatoms. The fourth-order valence-electron chi connectivity index (χ4n) is 3.10. The summed E-state index contributed by atoms with van der Waals surface area (Å²) in [5.74, 6) is 0.00584. The van der Waals surface area contributed by atoms with Crippen molar-refractivity contribution in [1.82, 2.24) is 19.6 Å². The van der Waals surface area contributed by atoms with Gasteiger partial charge in [0, 0.05) is 32.7 Å². The summed E-state index contributed by atoms with van der Waals surface area (Å²) in [4.78, 5) is 17.6. The third-order valence-electron chi connectivity index (χ3n) is 4.61. The summed E-state index contributed by atoms with van der Waals surface area (Å²) in [5, 5.41) is 6.27. The SMILES string of the molecule is O=c1oc(-c2cccs2)nn1CN1CCN(C/C=C/c2ccccc2)CC1. The number of nitrogens with zero attached hydrogens (tertiary/aromatic N) is 4. The topological polar surface area (TPSA) is 54.5 Å². The second-order valence-electron chi connectivity index (χ2n) is 6.52. The highest BCUT2D eigenvalue weighted by molar-refractivity contribution is 7.13. The van der Waals surface area contributed by atoms with Crippen LogP contribution in [0.4, 0.5) is 0 Å². The van der Waals surface area contributed by atoms with Gasteiger partial charge in [0.1, 0.15) is 6.67 Å². The smallest absolute Gasteiger partial charge is 0.387 e. The number of piperazine rings is 1. The van der Waals surface area contributed by atoms with E-state index in [1.807, 2.05) is 35.7 Å². The number of hydrogen-bond donors (Lipinski definition) is 0. The Morgan fingerprint density at radius 1 is 1.04 bits per heavy atom. The van der Waals surface area contributed by atoms with Crippen molar-refractivity contribution in [1.29, 1.82) is 0 Å². The van der Waals surface area contributed by atoms with Crippen molar-refractivity contribution in [2.45, 2.75) is 6.67 Å². The minimum absolute atomic E-state index is 0.397. The van der Waals surface area contributed by atoms with Crippen LogP contribution in [0.2, 0.25) is 0 Å². The molecule has 6 nitrogen and oxygen atoms in total. The second kappa shape index (κ2) is 8.47. The standard InChI is InChI=1S/C20H22N4O2S/c25-20-24(21-19(26-20)18-9-5-15-27-18)16-23-13-11-22(12-14-23)10-4-8-17-6-2-1-3-7-17/h1-9,15H,10-14,16H2/b8-4+. The lowest BCUT2D eigenvalue weighted by atomic mass is 10.2. The van der Waals surface area contributed by atoms with Crippen LogP contribution in [-0.2, 0) is 6.67 Å². The third-order valence-corrected chi connectivity index (χ3v) is 5.47. The van der Waals surface area contributed by atoms with Crippen LogP contribution in [0.15, 0.2) is 63.1 Å². The van der Waals surface area contributed by atoms with Gasteiger partial charge in [-0.2, -0.15) is 4.68 Å². The lowest BCUT2D eigenvalue weighted by Crippen LogP contribution is -2.47. The Morgan fingerprint density at radius 2 is 1.81 bits per heavy atom. The minimum Gasteiger partial charge on any atom is -0.387 e. The molecule has 1 fully saturated rings. The Balaban J connectivity index is 1.27. The summed E-state index contributed by atoms with van der Waals surface area (Å²) >= 11 is 1.52. The average Bonchev–Trinajstić information content (AvgIpc) is 3.35. The van der Waals surface area contributed by atoms with Crippen molar-refractivity contribution < 1.29 is 4.42 Å². The molecule has 0 atom stereocenters. The maximum atomic E-state index is 12.0. The molecule has 1 aliphatic rings. The summed E-state index contributed by atoms with van der Waals surface area (Å²) in [7, 11) is 0. The molecule has 3 heterocycles. The van der Waals surface area contributed by atoms with Crippen LogP contribution in [0.3, 0.4) is 0 Å². The first-order chi connectivity index (χ1) is 13.3. The van der Waals surface area contributed by atoms with Crippen molar-refractivity contribution in [2.75, 3.05) is 32.7 Å². The van der Waals surface area contributed by atoms with Gasteiger partial charge in [-0.15, -0.1) is 16.4 Å². The molecule has 140 valence electrons. The van der Waals surface area contributed by atoms with Crippen LogP contribution < -0.4 is 5.76 Å². The third kappa shape index (κ3) is 4.63. The van der Waals surface area contributed by atoms with Crippen LogP contribution in [0.25, 0.3) is 16.8 Å². The van der Waals surface area contributed by atoms with E-state index < -0.39 is 5.76 Å². The van der Waals surface area contributed by atoms with Gasteiger partial charge < -0.3 is 4.42 Å². The minimum atomic E-state index is -0.397. The lowest BCUT2D eigenvalue weighted by Gasteiger charge is -2.33. The van der Waals surface area contributed by atoms with Crippen LogP contribution in [0.5, 0.6) is 0 Å². The van der Waals surface area contributed by atoms with Crippen molar-refractivity contribution >= 4 is 17.4 Å². The number of benzene rings is 1. The van der Waals surface area contributed by atoms with Gasteiger partial charge in [0.05, 0.1) is 4.88 Å². The van der Waals surface area contributed by atoms with Crippen LogP contribution in [-0.4, -0.2) is 52.3 Å². The van der Waals surface area contributed by atoms with E-state index in [2.05, 4.69) is 39.2 Å². The summed E-state index contributed by atoms with van der Waals surface area (Å²) in [5.41, 5.74) is 1.23. The molecule has 1 aromatic carbocycles. The molecule has 3 aromatic rings. The summed E-state index contributed by atoms with van der Waals surface area (Å²) in [6.45, 7) is 5.18. The highest BCUT2D eigenvalue weighted by atomic mass is 32.1. The molecule has 27 heavy (non-hydrogen) atoms. The summed E-state index contributed by atoms with van der Waals surface area (Å²) < 4.78 is 6.69. The van der Waals surface area contributed by atoms with Gasteiger partial charge in [0.2, 0.25) is 0 Å². The van der Waals surface area contributed by atoms with E-state index >= 15 is 0 Å². The fraction of sp³-hybridized carbons (Fsp3) is 0.300. The number of rotatable bonds is 6. The quantitative estimate of drug-likeness (QED) is 0.656. The average molecular weight is 382 g/mol. The zero-order chi connectivity index (χ0) is 18.5. The molecule has 0 radical (unpaired) electrons. The predicted octanol–water partition coefficient (Wildman–Crippen LogP) is 2.85. The second-order valence-corrected chi connectivity index (χ2v) is 7.47. The number of hydrogen-bond acceptors (Lipinski definition) is 6. The molecule has 2 aromatic heterocycles. The zero-order valence-corrected chi connectivity index (χ0v) is 15.8. The van der Waals surface area contributed by atoms with Crippen LogP contribution >= 0.6 is 11.3 Å². The largest absolute Gasteiger partial charge is 0.438 e. The van der Waals surface area contributed by atoms with Gasteiger partial charge >= 0.3 is 5.76 Å². The Hall–Kier alpha value is -2.48. The molecule has 4 rings (SSSR count). The normalized spacial score (nSPS) is 16.3. The molecule has 0 aliphatic carbocycles. The van der Waals surface area contributed by atoms with Gasteiger partial charge in [0.15, 0.2) is 0 Å². The van der Waals surface area contributed by atoms with Crippen LogP contribution in [0.1, 0.15) is 5.56 Å². The lowest BCUT2D eigenvalue weighted by molar-refractivity contribution is 0.108. The Bertz CT molecular complexity index is 923. The molecule has 1 aliphatic heterocycles. The Labute approximate surface area is 162 Å². The molecule has 0 N–H and O–H groups in total. The van der Waals surface area contributed by atoms with Crippen molar-refractivity contribution in [3.8, 4) is 10.8 Å². The summed E-state index contributed by atoms with van der Waals surface area (Å²) in [6.07, 6.45) is 4.37. The monoisotopic (exact) mass is 382 g/mol. The van der Waals surface area contributed by atoms with E-state index in [4.69, 9.17) is 4.42 Å². The number of aromatic nitrogens is 2. The van der Waals surface area contributed by atoms with Crippen molar-refractivity contribution in [3.63, 3.8) is 0 Å². The maximum Gasteiger partial charge on any atom is 0.438 e. The molecule has 0 unspecified atom stereocenters. The molecule has 0 saturated carbocycles. The number of thiophene rings is 1. The van der Waals surface area contributed by atoms with E-state index in [0.29, 0.717) is 12.6 Å². The van der Waals surface area contributed by atoms with E-state index in [1.54, 1.807) is 0 Å². The highest BCUT2D eigenvalue weighted by Crippen LogP contribution is 2.21. The molecule has 0 spiro atoms. The Morgan fingerprint density at radius 3 is 2.56 bits per heavy atom. The zero-order valence-electron chi connectivity index (χ0n) is 15.0. The predicted molar refractivity (Wildman–Crippen MR) is 108 cm³/mol. The van der Waals surface area contributed by atoms with E-state index in [1.165, 1.54) is 21.6 Å². The van der Waals surface area contributed by atoms with Gasteiger partial charge in [-0.25, -0.2) is 4.79 Å². The first-order valence-electron chi connectivity index (χ1n) is 9.06. The van der Waals surface area contributed by atoms with Gasteiger partial charge in [-0.1, -0.05) is 48.6 Å². The van der Waals surface area contributed by atoms with E-state index in [9.17, 15) is 4.79 Å². The molecular weight excluding hydrogens is 360 g/mol. The van der Waals surface area contributed by atoms with Gasteiger partial charge in [0.25, 0.3) is 5.89 Å². The first-order valence-corrected chi connectivity index (χ1v) is 9.94. The molecule has 0 bridgehead atoms. The fourth-order valence-corrected chi connectivity index (χ4v) is 3.74. The first kappa shape index (κ1) is 17.9. The van der Waals surface area contributed by atoms with Crippen molar-refractivity contribution in [3.05, 3.63) is 70.0 Å². The molecule has 1 saturated heterocycles. The van der Waals surface area contributed by atoms with Gasteiger partial charge in [-0.05, 0) is 17.0 Å². The molecular formula is C20H22N4O2S. The van der Waals surface area contributed by atoms with Crippen molar-refractivity contribution in [2.24, 2.45) is 0 Å². The summed E-state index contributed by atoms with van der Waals surface area (Å²) in [6, 6.07) is 14.2. The van der Waals surface area contributed by atoms with Crippen LogP contribution in [0, 0.1) is 0 Å².